The summed E-state index contributed by atoms with van der Waals surface area (Å²) in [6, 6.07) is 8.85. The van der Waals surface area contributed by atoms with E-state index in [0.717, 1.165) is 57.4 Å². The lowest BCUT2D eigenvalue weighted by Crippen LogP contribution is -3.13. The van der Waals surface area contributed by atoms with Gasteiger partial charge in [-0.2, -0.15) is 0 Å². The third-order valence-corrected chi connectivity index (χ3v) is 5.20. The van der Waals surface area contributed by atoms with E-state index in [0.29, 0.717) is 6.10 Å². The fraction of sp³-hybridized carbons (Fsp3) is 0.611. The van der Waals surface area contributed by atoms with Gasteiger partial charge in [-0.25, -0.2) is 0 Å². The number of benzene rings is 1. The summed E-state index contributed by atoms with van der Waals surface area (Å²) in [6.45, 7) is 9.41. The van der Waals surface area contributed by atoms with Crippen LogP contribution in [0.15, 0.2) is 24.3 Å². The lowest BCUT2D eigenvalue weighted by Gasteiger charge is -2.34. The first-order chi connectivity index (χ1) is 11.2. The zero-order chi connectivity index (χ0) is 16.1. The van der Waals surface area contributed by atoms with E-state index in [4.69, 9.17) is 17.0 Å². The van der Waals surface area contributed by atoms with Crippen molar-refractivity contribution in [2.75, 3.05) is 39.3 Å². The Bertz CT molecular complexity index is 523. The highest BCUT2D eigenvalue weighted by molar-refractivity contribution is 7.80. The van der Waals surface area contributed by atoms with Crippen LogP contribution in [0.4, 0.5) is 0 Å². The number of hydrogen-bond acceptors (Lipinski definition) is 2. The van der Waals surface area contributed by atoms with Gasteiger partial charge in [0.2, 0.25) is 0 Å². The van der Waals surface area contributed by atoms with Crippen molar-refractivity contribution in [1.29, 1.82) is 0 Å². The van der Waals surface area contributed by atoms with Crippen LogP contribution in [0.25, 0.3) is 0 Å². The molecule has 1 atom stereocenters. The van der Waals surface area contributed by atoms with Gasteiger partial charge in [0.1, 0.15) is 6.54 Å². The second-order valence-electron chi connectivity index (χ2n) is 6.72. The standard InChI is InChI=1S/C18H27N3OS/c1-15-4-2-5-16(12-15)14-20-7-9-21(10-8-20)18(23)19-13-17-6-3-11-22-17/h2,4-5,12,17H,3,6-11,13-14H2,1H3,(H,19,23)/p+1/t17-/m1/s1. The van der Waals surface area contributed by atoms with Gasteiger partial charge in [0.05, 0.1) is 32.3 Å². The maximum Gasteiger partial charge on any atom is 0.169 e. The van der Waals surface area contributed by atoms with E-state index in [1.165, 1.54) is 17.5 Å². The molecule has 0 spiro atoms. The molecular weight excluding hydrogens is 306 g/mol. The molecular formula is C18H28N3OS+. The number of nitrogens with one attached hydrogen (secondary N) is 2. The Morgan fingerprint density at radius 3 is 2.91 bits per heavy atom. The smallest absolute Gasteiger partial charge is 0.169 e. The summed E-state index contributed by atoms with van der Waals surface area (Å²) in [6.07, 6.45) is 2.69. The number of thiocarbonyl (C=S) groups is 1. The molecule has 3 rings (SSSR count). The van der Waals surface area contributed by atoms with E-state index in [9.17, 15) is 0 Å². The van der Waals surface area contributed by atoms with Crippen LogP contribution in [0.5, 0.6) is 0 Å². The summed E-state index contributed by atoms with van der Waals surface area (Å²) in [5.41, 5.74) is 2.78. The molecule has 2 aliphatic heterocycles. The van der Waals surface area contributed by atoms with Crippen LogP contribution < -0.4 is 10.2 Å². The van der Waals surface area contributed by atoms with Crippen molar-refractivity contribution in [1.82, 2.24) is 10.2 Å². The van der Waals surface area contributed by atoms with Crippen molar-refractivity contribution in [3.05, 3.63) is 35.4 Å². The summed E-state index contributed by atoms with van der Waals surface area (Å²) in [7, 11) is 0. The molecule has 2 heterocycles. The molecule has 0 bridgehead atoms. The third kappa shape index (κ3) is 4.90. The van der Waals surface area contributed by atoms with Gasteiger partial charge in [0.15, 0.2) is 5.11 Å². The molecule has 0 aliphatic carbocycles. The molecule has 2 aliphatic rings. The monoisotopic (exact) mass is 334 g/mol. The molecule has 2 saturated heterocycles. The van der Waals surface area contributed by atoms with Gasteiger partial charge in [-0.05, 0) is 32.0 Å². The minimum atomic E-state index is 0.348. The lowest BCUT2D eigenvalue weighted by atomic mass is 10.1. The Balaban J connectivity index is 1.40. The SMILES string of the molecule is Cc1cccc(C[NH+]2CCN(C(=S)NC[C@H]3CCCO3)CC2)c1. The summed E-state index contributed by atoms with van der Waals surface area (Å²) < 4.78 is 5.64. The Kier molecular flexibility index (Phi) is 5.86. The Hall–Kier alpha value is -1.17. The number of hydrogen-bond donors (Lipinski definition) is 2. The van der Waals surface area contributed by atoms with Crippen LogP contribution in [-0.4, -0.2) is 55.4 Å². The largest absolute Gasteiger partial charge is 0.376 e. The topological polar surface area (TPSA) is 28.9 Å². The lowest BCUT2D eigenvalue weighted by molar-refractivity contribution is -0.917. The van der Waals surface area contributed by atoms with Gasteiger partial charge >= 0.3 is 0 Å². The number of rotatable bonds is 4. The molecule has 0 aromatic heterocycles. The highest BCUT2D eigenvalue weighted by Gasteiger charge is 2.23. The Morgan fingerprint density at radius 2 is 2.22 bits per heavy atom. The van der Waals surface area contributed by atoms with E-state index in [1.54, 1.807) is 4.90 Å². The first-order valence-corrected chi connectivity index (χ1v) is 9.15. The predicted molar refractivity (Wildman–Crippen MR) is 96.7 cm³/mol. The Labute approximate surface area is 144 Å². The van der Waals surface area contributed by atoms with Crippen LogP contribution in [0.2, 0.25) is 0 Å². The maximum atomic E-state index is 5.64. The van der Waals surface area contributed by atoms with E-state index in [-0.39, 0.29) is 0 Å². The zero-order valence-electron chi connectivity index (χ0n) is 14.0. The normalized spacial score (nSPS) is 22.3. The molecule has 0 amide bonds. The van der Waals surface area contributed by atoms with Crippen LogP contribution >= 0.6 is 12.2 Å². The highest BCUT2D eigenvalue weighted by Crippen LogP contribution is 2.10. The van der Waals surface area contributed by atoms with Crippen molar-refractivity contribution < 1.29 is 9.64 Å². The van der Waals surface area contributed by atoms with Crippen LogP contribution in [0.1, 0.15) is 24.0 Å². The van der Waals surface area contributed by atoms with Gasteiger partial charge in [-0.3, -0.25) is 0 Å². The zero-order valence-corrected chi connectivity index (χ0v) is 14.8. The van der Waals surface area contributed by atoms with Crippen molar-refractivity contribution in [3.63, 3.8) is 0 Å². The number of quaternary nitrogens is 1. The van der Waals surface area contributed by atoms with Crippen LogP contribution in [0.3, 0.4) is 0 Å². The maximum absolute atomic E-state index is 5.64. The molecule has 0 saturated carbocycles. The quantitative estimate of drug-likeness (QED) is 0.795. The molecule has 5 heteroatoms. The summed E-state index contributed by atoms with van der Waals surface area (Å²) in [5, 5.41) is 4.29. The first-order valence-electron chi connectivity index (χ1n) is 8.74. The fourth-order valence-corrected chi connectivity index (χ4v) is 3.70. The summed E-state index contributed by atoms with van der Waals surface area (Å²) in [5.74, 6) is 0. The average Bonchev–Trinajstić information content (AvgIpc) is 3.07. The molecule has 0 radical (unpaired) electrons. The molecule has 23 heavy (non-hydrogen) atoms. The third-order valence-electron chi connectivity index (χ3n) is 4.80. The Morgan fingerprint density at radius 1 is 1.39 bits per heavy atom. The number of nitrogens with zero attached hydrogens (tertiary/aromatic N) is 1. The first kappa shape index (κ1) is 16.7. The number of piperazine rings is 1. The minimum absolute atomic E-state index is 0.348. The molecule has 1 aromatic rings. The average molecular weight is 335 g/mol. The van der Waals surface area contributed by atoms with E-state index >= 15 is 0 Å². The van der Waals surface area contributed by atoms with Crippen molar-refractivity contribution in [2.24, 2.45) is 0 Å². The summed E-state index contributed by atoms with van der Waals surface area (Å²) >= 11 is 5.54. The minimum Gasteiger partial charge on any atom is -0.376 e. The van der Waals surface area contributed by atoms with E-state index < -0.39 is 0 Å². The van der Waals surface area contributed by atoms with Crippen molar-refractivity contribution >= 4 is 17.3 Å². The van der Waals surface area contributed by atoms with Crippen molar-refractivity contribution in [3.8, 4) is 0 Å². The second-order valence-corrected chi connectivity index (χ2v) is 7.11. The number of aryl methyl sites for hydroxylation is 1. The molecule has 2 N–H and O–H groups in total. The van der Waals surface area contributed by atoms with Gasteiger partial charge < -0.3 is 19.9 Å². The van der Waals surface area contributed by atoms with Gasteiger partial charge in [-0.1, -0.05) is 29.8 Å². The van der Waals surface area contributed by atoms with Crippen LogP contribution in [-0.2, 0) is 11.3 Å². The van der Waals surface area contributed by atoms with Gasteiger partial charge in [0.25, 0.3) is 0 Å². The van der Waals surface area contributed by atoms with Gasteiger partial charge in [-0.15, -0.1) is 0 Å². The highest BCUT2D eigenvalue weighted by atomic mass is 32.1. The molecule has 0 unspecified atom stereocenters. The van der Waals surface area contributed by atoms with Crippen molar-refractivity contribution in [2.45, 2.75) is 32.4 Å². The fourth-order valence-electron chi connectivity index (χ4n) is 3.43. The summed E-state index contributed by atoms with van der Waals surface area (Å²) in [4.78, 5) is 3.96. The second kappa shape index (κ2) is 8.08. The molecule has 1 aromatic carbocycles. The van der Waals surface area contributed by atoms with E-state index in [1.807, 2.05) is 0 Å². The van der Waals surface area contributed by atoms with Crippen LogP contribution in [0, 0.1) is 6.92 Å². The number of ether oxygens (including phenoxy) is 1. The molecule has 126 valence electrons. The predicted octanol–water partition coefficient (Wildman–Crippen LogP) is 0.749. The molecule has 4 nitrogen and oxygen atoms in total. The van der Waals surface area contributed by atoms with Gasteiger partial charge in [0, 0.05) is 18.7 Å². The molecule has 2 fully saturated rings. The van der Waals surface area contributed by atoms with E-state index in [2.05, 4.69) is 41.4 Å².